The van der Waals surface area contributed by atoms with Gasteiger partial charge in [-0.3, -0.25) is 4.79 Å². The predicted molar refractivity (Wildman–Crippen MR) is 52.7 cm³/mol. The predicted octanol–water partition coefficient (Wildman–Crippen LogP) is 0.0205. The second-order valence-corrected chi connectivity index (χ2v) is 4.28. The number of nitrogens with one attached hydrogen (secondary N) is 1. The van der Waals surface area contributed by atoms with Crippen molar-refractivity contribution in [3.05, 3.63) is 0 Å². The van der Waals surface area contributed by atoms with E-state index >= 15 is 0 Å². The molecule has 0 aromatic rings. The van der Waals surface area contributed by atoms with Gasteiger partial charge in [-0.05, 0) is 32.2 Å². The molecule has 2 heterocycles. The number of carbonyl (C=O) groups excluding carboxylic acids is 1. The second kappa shape index (κ2) is 3.87. The van der Waals surface area contributed by atoms with Crippen LogP contribution < -0.4 is 11.1 Å². The molecule has 2 rings (SSSR count). The molecule has 0 aromatic heterocycles. The molecule has 1 atom stereocenters. The Hall–Kier alpha value is -0.610. The molecule has 0 aliphatic carbocycles. The molecule has 0 bridgehead atoms. The van der Waals surface area contributed by atoms with E-state index in [0.717, 1.165) is 32.2 Å². The van der Waals surface area contributed by atoms with E-state index in [1.165, 1.54) is 0 Å². The molecular formula is C10H18N2O2. The summed E-state index contributed by atoms with van der Waals surface area (Å²) in [6.45, 7) is 2.35. The molecule has 2 aliphatic rings. The number of amides is 1. The second-order valence-electron chi connectivity index (χ2n) is 4.28. The van der Waals surface area contributed by atoms with Gasteiger partial charge in [0.2, 0.25) is 5.91 Å². The smallest absolute Gasteiger partial charge is 0.225 e. The van der Waals surface area contributed by atoms with Crippen molar-refractivity contribution in [3.8, 4) is 0 Å². The van der Waals surface area contributed by atoms with E-state index in [0.29, 0.717) is 13.2 Å². The molecule has 0 saturated carbocycles. The summed E-state index contributed by atoms with van der Waals surface area (Å²) in [4.78, 5) is 11.6. The summed E-state index contributed by atoms with van der Waals surface area (Å²) in [7, 11) is 0. The van der Waals surface area contributed by atoms with Crippen molar-refractivity contribution in [2.75, 3.05) is 19.8 Å². The maximum atomic E-state index is 11.6. The van der Waals surface area contributed by atoms with E-state index in [9.17, 15) is 4.79 Å². The van der Waals surface area contributed by atoms with Crippen LogP contribution in [-0.4, -0.2) is 31.7 Å². The Balaban J connectivity index is 2.15. The molecule has 4 nitrogen and oxygen atoms in total. The van der Waals surface area contributed by atoms with Crippen LogP contribution >= 0.6 is 0 Å². The maximum Gasteiger partial charge on any atom is 0.225 e. The fraction of sp³-hybridized carbons (Fsp3) is 0.900. The fourth-order valence-corrected chi connectivity index (χ4v) is 2.66. The number of hydrogen-bond acceptors (Lipinski definition) is 3. The molecular weight excluding hydrogens is 180 g/mol. The van der Waals surface area contributed by atoms with E-state index in [1.54, 1.807) is 0 Å². The van der Waals surface area contributed by atoms with Crippen molar-refractivity contribution in [2.24, 2.45) is 11.1 Å². The molecule has 0 aromatic carbocycles. The number of primary amides is 1. The Bertz CT molecular complexity index is 218. The van der Waals surface area contributed by atoms with Crippen LogP contribution in [0.4, 0.5) is 0 Å². The first-order valence-corrected chi connectivity index (χ1v) is 5.37. The fourth-order valence-electron chi connectivity index (χ4n) is 2.66. The Labute approximate surface area is 84.2 Å². The number of rotatable bonds is 2. The van der Waals surface area contributed by atoms with Crippen LogP contribution in [0.2, 0.25) is 0 Å². The van der Waals surface area contributed by atoms with Crippen molar-refractivity contribution in [2.45, 2.75) is 31.7 Å². The molecule has 1 unspecified atom stereocenters. The van der Waals surface area contributed by atoms with Gasteiger partial charge >= 0.3 is 0 Å². The van der Waals surface area contributed by atoms with Crippen molar-refractivity contribution in [1.29, 1.82) is 0 Å². The molecule has 0 radical (unpaired) electrons. The summed E-state index contributed by atoms with van der Waals surface area (Å²) in [6.07, 6.45) is 3.78. The van der Waals surface area contributed by atoms with E-state index in [2.05, 4.69) is 5.32 Å². The number of ether oxygens (including phenoxy) is 1. The molecule has 2 saturated heterocycles. The number of hydrogen-bond donors (Lipinski definition) is 2. The van der Waals surface area contributed by atoms with E-state index in [1.807, 2.05) is 0 Å². The standard InChI is InChI=1S/C10H18N2O2/c11-9(13)10(3-6-14-7-4-10)8-2-1-5-12-8/h8,12H,1-7H2,(H2,11,13). The largest absolute Gasteiger partial charge is 0.381 e. The average Bonchev–Trinajstić information content (AvgIpc) is 2.72. The average molecular weight is 198 g/mol. The van der Waals surface area contributed by atoms with Crippen molar-refractivity contribution in [1.82, 2.24) is 5.32 Å². The highest BCUT2D eigenvalue weighted by molar-refractivity contribution is 5.82. The first-order valence-electron chi connectivity index (χ1n) is 5.37. The maximum absolute atomic E-state index is 11.6. The van der Waals surface area contributed by atoms with Gasteiger partial charge in [-0.1, -0.05) is 0 Å². The molecule has 2 aliphatic heterocycles. The highest BCUT2D eigenvalue weighted by atomic mass is 16.5. The van der Waals surface area contributed by atoms with Crippen LogP contribution in [0.1, 0.15) is 25.7 Å². The number of nitrogens with two attached hydrogens (primary N) is 1. The zero-order valence-electron chi connectivity index (χ0n) is 8.42. The molecule has 0 spiro atoms. The summed E-state index contributed by atoms with van der Waals surface area (Å²) in [5.41, 5.74) is 5.21. The van der Waals surface area contributed by atoms with Gasteiger partial charge in [-0.15, -0.1) is 0 Å². The quantitative estimate of drug-likeness (QED) is 0.657. The van der Waals surface area contributed by atoms with Gasteiger partial charge in [0.15, 0.2) is 0 Å². The van der Waals surface area contributed by atoms with Gasteiger partial charge in [0.25, 0.3) is 0 Å². The third-order valence-corrected chi connectivity index (χ3v) is 3.60. The van der Waals surface area contributed by atoms with E-state index in [-0.39, 0.29) is 17.4 Å². The van der Waals surface area contributed by atoms with Crippen LogP contribution in [-0.2, 0) is 9.53 Å². The summed E-state index contributed by atoms with van der Waals surface area (Å²) in [5.74, 6) is -0.153. The van der Waals surface area contributed by atoms with Crippen LogP contribution in [0.5, 0.6) is 0 Å². The van der Waals surface area contributed by atoms with Gasteiger partial charge in [-0.25, -0.2) is 0 Å². The zero-order valence-corrected chi connectivity index (χ0v) is 8.42. The van der Waals surface area contributed by atoms with Crippen LogP contribution in [0.15, 0.2) is 0 Å². The van der Waals surface area contributed by atoms with E-state index < -0.39 is 0 Å². The van der Waals surface area contributed by atoms with Gasteiger partial charge in [0, 0.05) is 19.3 Å². The highest BCUT2D eigenvalue weighted by Gasteiger charge is 2.46. The Morgan fingerprint density at radius 3 is 2.64 bits per heavy atom. The Kier molecular flexibility index (Phi) is 2.74. The molecule has 3 N–H and O–H groups in total. The van der Waals surface area contributed by atoms with Crippen LogP contribution in [0, 0.1) is 5.41 Å². The summed E-state index contributed by atoms with van der Waals surface area (Å²) in [5, 5.41) is 3.39. The van der Waals surface area contributed by atoms with Crippen molar-refractivity contribution >= 4 is 5.91 Å². The minimum atomic E-state index is -0.339. The normalized spacial score (nSPS) is 31.6. The minimum absolute atomic E-state index is 0.153. The first kappa shape index (κ1) is 9.93. The lowest BCUT2D eigenvalue weighted by molar-refractivity contribution is -0.135. The third kappa shape index (κ3) is 1.53. The zero-order chi connectivity index (χ0) is 10.0. The Morgan fingerprint density at radius 1 is 1.43 bits per heavy atom. The Morgan fingerprint density at radius 2 is 2.14 bits per heavy atom. The van der Waals surface area contributed by atoms with Gasteiger partial charge < -0.3 is 15.8 Å². The molecule has 4 heteroatoms. The molecule has 1 amide bonds. The van der Waals surface area contributed by atoms with Crippen molar-refractivity contribution in [3.63, 3.8) is 0 Å². The van der Waals surface area contributed by atoms with Gasteiger partial charge in [0.05, 0.1) is 5.41 Å². The molecule has 80 valence electrons. The summed E-state index contributed by atoms with van der Waals surface area (Å²) < 4.78 is 5.30. The molecule has 14 heavy (non-hydrogen) atoms. The lowest BCUT2D eigenvalue weighted by atomic mass is 9.72. The highest BCUT2D eigenvalue weighted by Crippen LogP contribution is 2.37. The van der Waals surface area contributed by atoms with E-state index in [4.69, 9.17) is 10.5 Å². The summed E-state index contributed by atoms with van der Waals surface area (Å²) in [6, 6.07) is 0.281. The van der Waals surface area contributed by atoms with Gasteiger partial charge in [0.1, 0.15) is 0 Å². The van der Waals surface area contributed by atoms with Crippen LogP contribution in [0.3, 0.4) is 0 Å². The minimum Gasteiger partial charge on any atom is -0.381 e. The number of carbonyl (C=O) groups is 1. The molecule has 2 fully saturated rings. The monoisotopic (exact) mass is 198 g/mol. The van der Waals surface area contributed by atoms with Crippen LogP contribution in [0.25, 0.3) is 0 Å². The third-order valence-electron chi connectivity index (χ3n) is 3.60. The topological polar surface area (TPSA) is 64.4 Å². The first-order chi connectivity index (χ1) is 6.76. The van der Waals surface area contributed by atoms with Gasteiger partial charge in [-0.2, -0.15) is 0 Å². The van der Waals surface area contributed by atoms with Crippen molar-refractivity contribution < 1.29 is 9.53 Å². The SMILES string of the molecule is NC(=O)C1(C2CCCN2)CCOCC1. The summed E-state index contributed by atoms with van der Waals surface area (Å²) >= 11 is 0. The lowest BCUT2D eigenvalue weighted by Gasteiger charge is -2.39. The lowest BCUT2D eigenvalue weighted by Crippen LogP contribution is -2.53.